The van der Waals surface area contributed by atoms with Crippen molar-refractivity contribution in [2.24, 2.45) is 0 Å². The molecule has 1 aliphatic heterocycles. The summed E-state index contributed by atoms with van der Waals surface area (Å²) in [7, 11) is 0. The lowest BCUT2D eigenvalue weighted by molar-refractivity contribution is 0.474. The van der Waals surface area contributed by atoms with Gasteiger partial charge >= 0.3 is 0 Å². The molecule has 4 rings (SSSR count). The highest BCUT2D eigenvalue weighted by molar-refractivity contribution is 5.81. The molecule has 2 aromatic carbocycles. The molecule has 0 radical (unpaired) electrons. The number of hydrogen-bond donors (Lipinski definition) is 2. The fourth-order valence-electron chi connectivity index (χ4n) is 3.07. The minimum atomic E-state index is -0.0714. The van der Waals surface area contributed by atoms with E-state index in [0.717, 1.165) is 22.6 Å². The van der Waals surface area contributed by atoms with Gasteiger partial charge in [-0.1, -0.05) is 30.3 Å². The van der Waals surface area contributed by atoms with Gasteiger partial charge in [0.1, 0.15) is 11.9 Å². The maximum absolute atomic E-state index is 9.51. The Morgan fingerprint density at radius 3 is 2.64 bits per heavy atom. The number of nitrogens with one attached hydrogen (secondary N) is 1. The molecule has 2 heterocycles. The molecule has 0 saturated carbocycles. The number of aryl methyl sites for hydroxylation is 2. The number of phenols is 1. The van der Waals surface area contributed by atoms with Crippen LogP contribution in [0.4, 0.5) is 5.69 Å². The number of phenolic OH excluding ortho intramolecular Hbond substituents is 1. The second kappa shape index (κ2) is 4.63. The molecule has 1 atom stereocenters. The molecule has 2 N–H and O–H groups in total. The number of nitrogens with zero attached hydrogens (tertiary/aromatic N) is 2. The zero-order valence-corrected chi connectivity index (χ0v) is 12.5. The van der Waals surface area contributed by atoms with Crippen molar-refractivity contribution in [3.05, 3.63) is 65.4 Å². The van der Waals surface area contributed by atoms with Crippen molar-refractivity contribution in [3.8, 4) is 17.0 Å². The lowest BCUT2D eigenvalue weighted by atomic mass is 10.0. The normalized spacial score (nSPS) is 15.8. The van der Waals surface area contributed by atoms with Crippen LogP contribution in [0.5, 0.6) is 5.75 Å². The highest BCUT2D eigenvalue weighted by Crippen LogP contribution is 2.40. The summed E-state index contributed by atoms with van der Waals surface area (Å²) in [4.78, 5) is 0. The molecule has 1 aromatic heterocycles. The topological polar surface area (TPSA) is 50.1 Å². The van der Waals surface area contributed by atoms with Gasteiger partial charge in [-0.3, -0.25) is 0 Å². The highest BCUT2D eigenvalue weighted by atomic mass is 16.3. The van der Waals surface area contributed by atoms with Crippen LogP contribution in [0.1, 0.15) is 23.0 Å². The number of para-hydroxylation sites is 1. The van der Waals surface area contributed by atoms with Crippen LogP contribution >= 0.6 is 0 Å². The van der Waals surface area contributed by atoms with Gasteiger partial charge in [0.15, 0.2) is 0 Å². The Balaban J connectivity index is 1.92. The lowest BCUT2D eigenvalue weighted by Crippen LogP contribution is -2.26. The van der Waals surface area contributed by atoms with Gasteiger partial charge in [0.2, 0.25) is 0 Å². The van der Waals surface area contributed by atoms with E-state index in [1.807, 2.05) is 23.7 Å². The molecule has 3 aromatic rings. The third-order valence-corrected chi connectivity index (χ3v) is 4.14. The summed E-state index contributed by atoms with van der Waals surface area (Å²) in [5, 5.41) is 17.8. The van der Waals surface area contributed by atoms with Gasteiger partial charge in [-0.2, -0.15) is 5.10 Å². The lowest BCUT2D eigenvalue weighted by Gasteiger charge is -2.30. The molecule has 0 amide bonds. The van der Waals surface area contributed by atoms with Crippen LogP contribution in [0.25, 0.3) is 11.3 Å². The van der Waals surface area contributed by atoms with Crippen molar-refractivity contribution in [1.82, 2.24) is 9.78 Å². The summed E-state index contributed by atoms with van der Waals surface area (Å²) in [6, 6.07) is 15.7. The zero-order valence-electron chi connectivity index (χ0n) is 12.5. The number of fused-ring (bicyclic) bond motifs is 3. The Morgan fingerprint density at radius 1 is 1.09 bits per heavy atom. The van der Waals surface area contributed by atoms with E-state index in [0.29, 0.717) is 0 Å². The SMILES string of the molecule is Cc1cc2n(n1)C(c1ccc(O)cc1)Nc1c(C)cccc1-2. The molecule has 4 nitrogen and oxygen atoms in total. The first kappa shape index (κ1) is 13.0. The average molecular weight is 291 g/mol. The minimum absolute atomic E-state index is 0.0714. The molecular formula is C18H17N3O. The summed E-state index contributed by atoms with van der Waals surface area (Å²) in [5.74, 6) is 0.271. The van der Waals surface area contributed by atoms with Gasteiger partial charge in [-0.15, -0.1) is 0 Å². The number of benzene rings is 2. The van der Waals surface area contributed by atoms with Crippen LogP contribution in [0.15, 0.2) is 48.5 Å². The predicted molar refractivity (Wildman–Crippen MR) is 87.0 cm³/mol. The molecule has 0 spiro atoms. The summed E-state index contributed by atoms with van der Waals surface area (Å²) >= 11 is 0. The molecule has 1 unspecified atom stereocenters. The Kier molecular flexibility index (Phi) is 2.73. The Bertz CT molecular complexity index is 849. The van der Waals surface area contributed by atoms with E-state index in [4.69, 9.17) is 0 Å². The summed E-state index contributed by atoms with van der Waals surface area (Å²) in [6.45, 7) is 4.12. The summed E-state index contributed by atoms with van der Waals surface area (Å²) in [6.07, 6.45) is -0.0714. The standard InChI is InChI=1S/C18H17N3O/c1-11-4-3-5-15-16-10-12(2)20-21(16)18(19-17(11)15)13-6-8-14(22)9-7-13/h3-10,18-19,22H,1-2H3. The fourth-order valence-corrected chi connectivity index (χ4v) is 3.07. The summed E-state index contributed by atoms with van der Waals surface area (Å²) < 4.78 is 2.02. The van der Waals surface area contributed by atoms with E-state index in [1.54, 1.807) is 12.1 Å². The van der Waals surface area contributed by atoms with Crippen LogP contribution in [0.2, 0.25) is 0 Å². The number of rotatable bonds is 1. The van der Waals surface area contributed by atoms with Gasteiger partial charge in [-0.05, 0) is 43.2 Å². The Labute approximate surface area is 129 Å². The molecule has 4 heteroatoms. The zero-order chi connectivity index (χ0) is 15.3. The van der Waals surface area contributed by atoms with Crippen molar-refractivity contribution >= 4 is 5.69 Å². The Morgan fingerprint density at radius 2 is 1.86 bits per heavy atom. The molecule has 0 aliphatic carbocycles. The number of aromatic nitrogens is 2. The second-order valence-corrected chi connectivity index (χ2v) is 5.75. The summed E-state index contributed by atoms with van der Waals surface area (Å²) in [5.41, 5.74) is 6.72. The van der Waals surface area contributed by atoms with E-state index >= 15 is 0 Å². The van der Waals surface area contributed by atoms with Crippen LogP contribution in [-0.4, -0.2) is 14.9 Å². The first-order chi connectivity index (χ1) is 10.6. The van der Waals surface area contributed by atoms with Gasteiger partial charge < -0.3 is 10.4 Å². The Hall–Kier alpha value is -2.75. The third-order valence-electron chi connectivity index (χ3n) is 4.14. The third kappa shape index (κ3) is 1.88. The number of hydrogen-bond acceptors (Lipinski definition) is 3. The smallest absolute Gasteiger partial charge is 0.147 e. The van der Waals surface area contributed by atoms with Gasteiger partial charge in [-0.25, -0.2) is 4.68 Å². The molecule has 0 fully saturated rings. The van der Waals surface area contributed by atoms with E-state index in [2.05, 4.69) is 41.6 Å². The number of anilines is 1. The quantitative estimate of drug-likeness (QED) is 0.716. The molecule has 22 heavy (non-hydrogen) atoms. The maximum Gasteiger partial charge on any atom is 0.147 e. The predicted octanol–water partition coefficient (Wildman–Crippen LogP) is 3.84. The van der Waals surface area contributed by atoms with E-state index in [-0.39, 0.29) is 11.9 Å². The van der Waals surface area contributed by atoms with Crippen LogP contribution < -0.4 is 5.32 Å². The molecule has 0 saturated heterocycles. The van der Waals surface area contributed by atoms with Crippen molar-refractivity contribution in [3.63, 3.8) is 0 Å². The highest BCUT2D eigenvalue weighted by Gasteiger charge is 2.27. The van der Waals surface area contributed by atoms with E-state index < -0.39 is 0 Å². The van der Waals surface area contributed by atoms with Crippen LogP contribution in [-0.2, 0) is 0 Å². The monoisotopic (exact) mass is 291 g/mol. The van der Waals surface area contributed by atoms with Gasteiger partial charge in [0.25, 0.3) is 0 Å². The van der Waals surface area contributed by atoms with E-state index in [1.165, 1.54) is 11.1 Å². The van der Waals surface area contributed by atoms with Crippen LogP contribution in [0.3, 0.4) is 0 Å². The second-order valence-electron chi connectivity index (χ2n) is 5.75. The van der Waals surface area contributed by atoms with E-state index in [9.17, 15) is 5.11 Å². The van der Waals surface area contributed by atoms with Crippen molar-refractivity contribution in [1.29, 1.82) is 0 Å². The fraction of sp³-hybridized carbons (Fsp3) is 0.167. The molecule has 0 bridgehead atoms. The van der Waals surface area contributed by atoms with Crippen molar-refractivity contribution < 1.29 is 5.11 Å². The molecular weight excluding hydrogens is 274 g/mol. The number of aromatic hydroxyl groups is 1. The molecule has 110 valence electrons. The van der Waals surface area contributed by atoms with Crippen molar-refractivity contribution in [2.45, 2.75) is 20.0 Å². The first-order valence-electron chi connectivity index (χ1n) is 7.35. The van der Waals surface area contributed by atoms with Crippen LogP contribution in [0, 0.1) is 13.8 Å². The van der Waals surface area contributed by atoms with Gasteiger partial charge in [0, 0.05) is 11.3 Å². The molecule has 1 aliphatic rings. The van der Waals surface area contributed by atoms with Gasteiger partial charge in [0.05, 0.1) is 11.4 Å². The average Bonchev–Trinajstić information content (AvgIpc) is 2.90. The first-order valence-corrected chi connectivity index (χ1v) is 7.35. The minimum Gasteiger partial charge on any atom is -0.508 e. The maximum atomic E-state index is 9.51. The van der Waals surface area contributed by atoms with Crippen molar-refractivity contribution in [2.75, 3.05) is 5.32 Å². The largest absolute Gasteiger partial charge is 0.508 e.